The van der Waals surface area contributed by atoms with Gasteiger partial charge in [0.05, 0.1) is 20.3 Å². The molecule has 0 aliphatic heterocycles. The molecule has 0 aliphatic rings. The van der Waals surface area contributed by atoms with Gasteiger partial charge in [0.25, 0.3) is 0 Å². The molecule has 3 rings (SSSR count). The van der Waals surface area contributed by atoms with Gasteiger partial charge in [0, 0.05) is 5.92 Å². The first kappa shape index (κ1) is 17.0. The lowest BCUT2D eigenvalue weighted by Crippen LogP contribution is -2.18. The van der Waals surface area contributed by atoms with Gasteiger partial charge in [-0.15, -0.1) is 10.2 Å². The van der Waals surface area contributed by atoms with Crippen LogP contribution in [0, 0.1) is 0 Å². The topological polar surface area (TPSA) is 49.2 Å². The second-order valence-corrected chi connectivity index (χ2v) is 5.91. The average Bonchev–Trinajstić information content (AvgIpc) is 3.20. The Morgan fingerprint density at radius 3 is 1.72 bits per heavy atom. The number of methoxy groups -OCH3 is 2. The summed E-state index contributed by atoms with van der Waals surface area (Å²) in [6.45, 7) is 2.20. The van der Waals surface area contributed by atoms with E-state index in [9.17, 15) is 0 Å². The van der Waals surface area contributed by atoms with Crippen LogP contribution in [0.3, 0.4) is 0 Å². The van der Waals surface area contributed by atoms with E-state index in [1.807, 2.05) is 24.3 Å². The van der Waals surface area contributed by atoms with Gasteiger partial charge in [0.15, 0.2) is 0 Å². The van der Waals surface area contributed by atoms with Gasteiger partial charge in [0.1, 0.15) is 24.2 Å². The molecule has 0 fully saturated rings. The highest BCUT2D eigenvalue weighted by atomic mass is 16.5. The van der Waals surface area contributed by atoms with Crippen LogP contribution in [-0.4, -0.2) is 29.0 Å². The summed E-state index contributed by atoms with van der Waals surface area (Å²) < 4.78 is 12.6. The molecule has 0 radical (unpaired) electrons. The molecular weight excluding hydrogens is 314 g/mol. The zero-order valence-corrected chi connectivity index (χ0v) is 14.8. The van der Waals surface area contributed by atoms with E-state index in [0.29, 0.717) is 0 Å². The summed E-state index contributed by atoms with van der Waals surface area (Å²) in [4.78, 5) is 0. The highest BCUT2D eigenvalue weighted by molar-refractivity contribution is 5.35. The van der Waals surface area contributed by atoms with E-state index in [4.69, 9.17) is 9.47 Å². The zero-order valence-electron chi connectivity index (χ0n) is 14.8. The van der Waals surface area contributed by atoms with Crippen molar-refractivity contribution >= 4 is 0 Å². The van der Waals surface area contributed by atoms with Crippen molar-refractivity contribution in [3.8, 4) is 11.5 Å². The number of aromatic nitrogens is 3. The third-order valence-electron chi connectivity index (χ3n) is 4.58. The lowest BCUT2D eigenvalue weighted by molar-refractivity contribution is 0.412. The summed E-state index contributed by atoms with van der Waals surface area (Å²) in [6, 6.07) is 16.6. The number of hydrogen-bond acceptors (Lipinski definition) is 4. The fourth-order valence-corrected chi connectivity index (χ4v) is 3.26. The molecule has 1 aromatic heterocycles. The standard InChI is InChI=1S/C20H23N3O2/c1-4-19(15-5-9-17(24-2)10-6-15)20(23-13-21-22-14-23)16-7-11-18(25-3)12-8-16/h5-14,19-20H,4H2,1-3H3. The van der Waals surface area contributed by atoms with E-state index < -0.39 is 0 Å². The van der Waals surface area contributed by atoms with Crippen LogP contribution in [0.4, 0.5) is 0 Å². The van der Waals surface area contributed by atoms with Crippen molar-refractivity contribution < 1.29 is 9.47 Å². The Balaban J connectivity index is 2.01. The minimum Gasteiger partial charge on any atom is -0.497 e. The molecule has 0 N–H and O–H groups in total. The van der Waals surface area contributed by atoms with E-state index >= 15 is 0 Å². The van der Waals surface area contributed by atoms with Crippen molar-refractivity contribution in [1.82, 2.24) is 14.8 Å². The Kier molecular flexibility index (Phi) is 5.33. The van der Waals surface area contributed by atoms with Gasteiger partial charge in [-0.1, -0.05) is 31.2 Å². The zero-order chi connectivity index (χ0) is 17.6. The molecule has 25 heavy (non-hydrogen) atoms. The van der Waals surface area contributed by atoms with Crippen molar-refractivity contribution in [1.29, 1.82) is 0 Å². The monoisotopic (exact) mass is 337 g/mol. The maximum Gasteiger partial charge on any atom is 0.119 e. The van der Waals surface area contributed by atoms with Gasteiger partial charge in [0.2, 0.25) is 0 Å². The summed E-state index contributed by atoms with van der Waals surface area (Å²) in [6.07, 6.45) is 4.55. The third-order valence-corrected chi connectivity index (χ3v) is 4.58. The van der Waals surface area contributed by atoms with E-state index in [1.54, 1.807) is 26.9 Å². The van der Waals surface area contributed by atoms with E-state index in [2.05, 4.69) is 46.0 Å². The van der Waals surface area contributed by atoms with E-state index in [-0.39, 0.29) is 12.0 Å². The van der Waals surface area contributed by atoms with E-state index in [1.165, 1.54) is 11.1 Å². The smallest absolute Gasteiger partial charge is 0.119 e. The van der Waals surface area contributed by atoms with Crippen molar-refractivity contribution in [3.63, 3.8) is 0 Å². The van der Waals surface area contributed by atoms with Crippen LogP contribution in [0.2, 0.25) is 0 Å². The van der Waals surface area contributed by atoms with Crippen LogP contribution in [0.1, 0.15) is 36.4 Å². The minimum absolute atomic E-state index is 0.110. The summed E-state index contributed by atoms with van der Waals surface area (Å²) in [5.74, 6) is 2.00. The second-order valence-electron chi connectivity index (χ2n) is 5.91. The molecule has 2 aromatic carbocycles. The molecule has 0 saturated heterocycles. The Bertz CT molecular complexity index is 768. The fourth-order valence-electron chi connectivity index (χ4n) is 3.26. The highest BCUT2D eigenvalue weighted by Crippen LogP contribution is 2.37. The Labute approximate surface area is 148 Å². The van der Waals surface area contributed by atoms with Gasteiger partial charge in [-0.05, 0) is 41.8 Å². The summed E-state index contributed by atoms with van der Waals surface area (Å²) in [5, 5.41) is 8.02. The Hall–Kier alpha value is -2.82. The molecular formula is C20H23N3O2. The quantitative estimate of drug-likeness (QED) is 0.652. The van der Waals surface area contributed by atoms with Gasteiger partial charge in [-0.2, -0.15) is 0 Å². The van der Waals surface area contributed by atoms with Crippen molar-refractivity contribution in [2.75, 3.05) is 14.2 Å². The van der Waals surface area contributed by atoms with Crippen molar-refractivity contribution in [3.05, 3.63) is 72.3 Å². The lowest BCUT2D eigenvalue weighted by atomic mass is 9.85. The lowest BCUT2D eigenvalue weighted by Gasteiger charge is -2.28. The van der Waals surface area contributed by atoms with Crippen LogP contribution >= 0.6 is 0 Å². The number of nitrogens with zero attached hydrogens (tertiary/aromatic N) is 3. The van der Waals surface area contributed by atoms with Crippen LogP contribution < -0.4 is 9.47 Å². The van der Waals surface area contributed by atoms with Crippen LogP contribution in [0.5, 0.6) is 11.5 Å². The molecule has 2 atom stereocenters. The Morgan fingerprint density at radius 2 is 1.28 bits per heavy atom. The molecule has 1 heterocycles. The average molecular weight is 337 g/mol. The molecule has 0 aliphatic carbocycles. The molecule has 0 bridgehead atoms. The number of rotatable bonds is 7. The fraction of sp³-hybridized carbons (Fsp3) is 0.300. The number of hydrogen-bond donors (Lipinski definition) is 0. The maximum atomic E-state index is 5.29. The summed E-state index contributed by atoms with van der Waals surface area (Å²) in [7, 11) is 3.36. The van der Waals surface area contributed by atoms with Crippen LogP contribution in [-0.2, 0) is 0 Å². The molecule has 130 valence electrons. The van der Waals surface area contributed by atoms with Gasteiger partial charge >= 0.3 is 0 Å². The van der Waals surface area contributed by atoms with Crippen molar-refractivity contribution in [2.24, 2.45) is 0 Å². The second kappa shape index (κ2) is 7.83. The Morgan fingerprint density at radius 1 is 0.800 bits per heavy atom. The predicted octanol–water partition coefficient (Wildman–Crippen LogP) is 4.08. The summed E-state index contributed by atoms with van der Waals surface area (Å²) >= 11 is 0. The largest absolute Gasteiger partial charge is 0.497 e. The minimum atomic E-state index is 0.110. The SMILES string of the molecule is CCC(c1ccc(OC)cc1)C(c1ccc(OC)cc1)n1cnnc1. The number of benzene rings is 2. The first-order valence-electron chi connectivity index (χ1n) is 8.38. The molecule has 0 spiro atoms. The molecule has 0 saturated carbocycles. The van der Waals surface area contributed by atoms with E-state index in [0.717, 1.165) is 17.9 Å². The highest BCUT2D eigenvalue weighted by Gasteiger charge is 2.25. The first-order chi connectivity index (χ1) is 12.3. The van der Waals surface area contributed by atoms with Crippen LogP contribution in [0.25, 0.3) is 0 Å². The van der Waals surface area contributed by atoms with Gasteiger partial charge < -0.3 is 14.0 Å². The summed E-state index contributed by atoms with van der Waals surface area (Å²) in [5.41, 5.74) is 2.46. The van der Waals surface area contributed by atoms with Crippen molar-refractivity contribution in [2.45, 2.75) is 25.3 Å². The molecule has 3 aromatic rings. The maximum absolute atomic E-state index is 5.29. The normalized spacial score (nSPS) is 13.2. The predicted molar refractivity (Wildman–Crippen MR) is 97.2 cm³/mol. The molecule has 5 heteroatoms. The first-order valence-corrected chi connectivity index (χ1v) is 8.38. The van der Waals surface area contributed by atoms with Crippen LogP contribution in [0.15, 0.2) is 61.2 Å². The molecule has 0 amide bonds. The number of ether oxygens (including phenoxy) is 2. The third kappa shape index (κ3) is 3.65. The van der Waals surface area contributed by atoms with Gasteiger partial charge in [-0.3, -0.25) is 0 Å². The molecule has 5 nitrogen and oxygen atoms in total. The molecule has 2 unspecified atom stereocenters. The van der Waals surface area contributed by atoms with Gasteiger partial charge in [-0.25, -0.2) is 0 Å².